The number of aliphatic carboxylic acids is 1. The number of rotatable bonds is 10. The molecule has 5 aromatic carbocycles. The number of hydrogen-bond acceptors (Lipinski definition) is 3. The van der Waals surface area contributed by atoms with Crippen LogP contribution in [-0.2, 0) is 11.2 Å². The van der Waals surface area contributed by atoms with E-state index in [4.69, 9.17) is 4.74 Å². The molecular formula is C37H28Br2O3S. The number of halogens is 2. The molecule has 3 nitrogen and oxygen atoms in total. The number of benzene rings is 5. The quantitative estimate of drug-likeness (QED) is 0.154. The Morgan fingerprint density at radius 1 is 0.744 bits per heavy atom. The summed E-state index contributed by atoms with van der Waals surface area (Å²) >= 11 is 9.31. The van der Waals surface area contributed by atoms with Crippen LogP contribution in [-0.4, -0.2) is 11.1 Å². The van der Waals surface area contributed by atoms with Crippen LogP contribution in [0.1, 0.15) is 34.9 Å². The minimum Gasteiger partial charge on any atom is -0.483 e. The van der Waals surface area contributed by atoms with Crippen LogP contribution in [0.5, 0.6) is 5.75 Å². The average molecular weight is 713 g/mol. The highest BCUT2D eigenvalue weighted by Gasteiger charge is 2.20. The second-order valence-corrected chi connectivity index (χ2v) is 13.2. The van der Waals surface area contributed by atoms with Crippen molar-refractivity contribution in [1.82, 2.24) is 0 Å². The van der Waals surface area contributed by atoms with Crippen LogP contribution in [0.25, 0.3) is 32.3 Å². The fraction of sp³-hybridized carbons (Fsp3) is 0.108. The molecule has 1 aromatic heterocycles. The standard InChI is InChI=1S/C37H28Br2O3S/c38-30-22-28(23-31(39)37(30)42-32(19-20-35(40)41)26-11-5-2-6-12-26)25-15-17-27(18-16-25)36-29-13-7-8-14-33(29)43-34(36)21-24-9-3-1-4-10-24/h1-18,22-23,32H,19-21H2,(H,40,41). The fourth-order valence-corrected chi connectivity index (χ4v) is 7.98. The average Bonchev–Trinajstić information content (AvgIpc) is 3.39. The molecule has 1 atom stereocenters. The summed E-state index contributed by atoms with van der Waals surface area (Å²) in [4.78, 5) is 12.7. The minimum atomic E-state index is -0.843. The van der Waals surface area contributed by atoms with Gasteiger partial charge in [-0.15, -0.1) is 11.3 Å². The van der Waals surface area contributed by atoms with E-state index in [0.717, 1.165) is 32.1 Å². The van der Waals surface area contributed by atoms with Gasteiger partial charge in [0.25, 0.3) is 0 Å². The zero-order chi connectivity index (χ0) is 29.8. The lowest BCUT2D eigenvalue weighted by atomic mass is 9.96. The number of thiophene rings is 1. The van der Waals surface area contributed by atoms with Crippen LogP contribution in [0.2, 0.25) is 0 Å². The number of carbonyl (C=O) groups is 1. The second-order valence-electron chi connectivity index (χ2n) is 10.4. The van der Waals surface area contributed by atoms with E-state index in [9.17, 15) is 9.90 Å². The van der Waals surface area contributed by atoms with Crippen molar-refractivity contribution < 1.29 is 14.6 Å². The number of ether oxygens (including phenoxy) is 1. The molecule has 0 aliphatic rings. The number of hydrogen-bond donors (Lipinski definition) is 1. The van der Waals surface area contributed by atoms with Crippen LogP contribution >= 0.6 is 43.2 Å². The van der Waals surface area contributed by atoms with E-state index in [1.165, 1.54) is 31.7 Å². The third-order valence-corrected chi connectivity index (χ3v) is 9.78. The van der Waals surface area contributed by atoms with Gasteiger partial charge in [0.05, 0.1) is 8.95 Å². The molecule has 0 amide bonds. The van der Waals surface area contributed by atoms with E-state index in [-0.39, 0.29) is 12.5 Å². The Labute approximate surface area is 272 Å². The molecule has 0 saturated carbocycles. The lowest BCUT2D eigenvalue weighted by molar-refractivity contribution is -0.137. The first-order chi connectivity index (χ1) is 21.0. The summed E-state index contributed by atoms with van der Waals surface area (Å²) in [6.07, 6.45) is 0.895. The van der Waals surface area contributed by atoms with Crippen molar-refractivity contribution in [3.63, 3.8) is 0 Å². The van der Waals surface area contributed by atoms with Gasteiger partial charge in [0.2, 0.25) is 0 Å². The Morgan fingerprint density at radius 2 is 1.35 bits per heavy atom. The smallest absolute Gasteiger partial charge is 0.303 e. The summed E-state index contributed by atoms with van der Waals surface area (Å²) in [6.45, 7) is 0. The Kier molecular flexibility index (Phi) is 9.08. The van der Waals surface area contributed by atoms with E-state index in [1.807, 2.05) is 41.7 Å². The summed E-state index contributed by atoms with van der Waals surface area (Å²) in [7, 11) is 0. The Bertz CT molecular complexity index is 1840. The summed E-state index contributed by atoms with van der Waals surface area (Å²) in [5.74, 6) is -0.195. The largest absolute Gasteiger partial charge is 0.483 e. The molecule has 1 heterocycles. The maximum Gasteiger partial charge on any atom is 0.303 e. The highest BCUT2D eigenvalue weighted by atomic mass is 79.9. The highest BCUT2D eigenvalue weighted by molar-refractivity contribution is 9.11. The van der Waals surface area contributed by atoms with Crippen molar-refractivity contribution in [1.29, 1.82) is 0 Å². The van der Waals surface area contributed by atoms with Crippen molar-refractivity contribution in [3.05, 3.63) is 146 Å². The molecule has 0 aliphatic carbocycles. The summed E-state index contributed by atoms with van der Waals surface area (Å²) < 4.78 is 9.31. The molecule has 6 heteroatoms. The maximum absolute atomic E-state index is 11.3. The molecule has 214 valence electrons. The molecule has 0 radical (unpaired) electrons. The monoisotopic (exact) mass is 710 g/mol. The molecule has 1 N–H and O–H groups in total. The van der Waals surface area contributed by atoms with E-state index >= 15 is 0 Å². The van der Waals surface area contributed by atoms with Gasteiger partial charge in [-0.2, -0.15) is 0 Å². The van der Waals surface area contributed by atoms with Gasteiger partial charge in [-0.25, -0.2) is 0 Å². The summed E-state index contributed by atoms with van der Waals surface area (Å²) in [6, 6.07) is 41.9. The first-order valence-electron chi connectivity index (χ1n) is 14.0. The molecular weight excluding hydrogens is 684 g/mol. The van der Waals surface area contributed by atoms with Gasteiger partial charge >= 0.3 is 5.97 Å². The summed E-state index contributed by atoms with van der Waals surface area (Å²) in [5, 5.41) is 10.6. The van der Waals surface area contributed by atoms with Crippen LogP contribution in [0.15, 0.2) is 130 Å². The molecule has 0 aliphatic heterocycles. The molecule has 6 rings (SSSR count). The van der Waals surface area contributed by atoms with Crippen LogP contribution in [0, 0.1) is 0 Å². The molecule has 6 aromatic rings. The zero-order valence-corrected chi connectivity index (χ0v) is 27.2. The first kappa shape index (κ1) is 29.4. The molecule has 0 saturated heterocycles. The fourth-order valence-electron chi connectivity index (χ4n) is 5.34. The van der Waals surface area contributed by atoms with Gasteiger partial charge in [0, 0.05) is 33.4 Å². The van der Waals surface area contributed by atoms with Crippen LogP contribution in [0.4, 0.5) is 0 Å². The van der Waals surface area contributed by atoms with E-state index in [1.54, 1.807) is 0 Å². The topological polar surface area (TPSA) is 46.5 Å². The van der Waals surface area contributed by atoms with Gasteiger partial charge in [-0.3, -0.25) is 4.79 Å². The number of carboxylic acid groups (broad SMARTS) is 1. The van der Waals surface area contributed by atoms with Gasteiger partial charge in [-0.05, 0) is 84.3 Å². The van der Waals surface area contributed by atoms with Crippen molar-refractivity contribution in [2.45, 2.75) is 25.4 Å². The van der Waals surface area contributed by atoms with Crippen molar-refractivity contribution in [2.24, 2.45) is 0 Å². The first-order valence-corrected chi connectivity index (χ1v) is 16.4. The maximum atomic E-state index is 11.3. The zero-order valence-electron chi connectivity index (χ0n) is 23.2. The van der Waals surface area contributed by atoms with E-state index in [2.05, 4.69) is 123 Å². The second kappa shape index (κ2) is 13.3. The number of carboxylic acids is 1. The predicted octanol–water partition coefficient (Wildman–Crippen LogP) is 11.3. The third-order valence-electron chi connectivity index (χ3n) is 7.43. The Morgan fingerprint density at radius 3 is 2.02 bits per heavy atom. The van der Waals surface area contributed by atoms with Crippen LogP contribution < -0.4 is 4.74 Å². The lowest BCUT2D eigenvalue weighted by Gasteiger charge is -2.21. The van der Waals surface area contributed by atoms with Gasteiger partial charge in [0.1, 0.15) is 11.9 Å². The Balaban J connectivity index is 1.29. The van der Waals surface area contributed by atoms with E-state index in [0.29, 0.717) is 12.2 Å². The van der Waals surface area contributed by atoms with Crippen molar-refractivity contribution in [3.8, 4) is 28.0 Å². The van der Waals surface area contributed by atoms with Gasteiger partial charge in [-0.1, -0.05) is 103 Å². The SMILES string of the molecule is O=C(O)CCC(Oc1c(Br)cc(-c2ccc(-c3c(Cc4ccccc4)sc4ccccc34)cc2)cc1Br)c1ccccc1. The summed E-state index contributed by atoms with van der Waals surface area (Å²) in [5.41, 5.74) is 6.88. The van der Waals surface area contributed by atoms with Crippen molar-refractivity contribution >= 4 is 59.3 Å². The Hall–Kier alpha value is -3.71. The molecule has 0 bridgehead atoms. The normalized spacial score (nSPS) is 11.9. The van der Waals surface area contributed by atoms with E-state index < -0.39 is 5.97 Å². The highest BCUT2D eigenvalue weighted by Crippen LogP contribution is 2.43. The molecule has 0 fully saturated rings. The minimum absolute atomic E-state index is 0.0196. The lowest BCUT2D eigenvalue weighted by Crippen LogP contribution is -2.11. The number of fused-ring (bicyclic) bond motifs is 1. The van der Waals surface area contributed by atoms with Gasteiger partial charge in [0.15, 0.2) is 0 Å². The molecule has 1 unspecified atom stereocenters. The van der Waals surface area contributed by atoms with Crippen molar-refractivity contribution in [2.75, 3.05) is 0 Å². The molecule has 0 spiro atoms. The predicted molar refractivity (Wildman–Crippen MR) is 184 cm³/mol. The van der Waals surface area contributed by atoms with Gasteiger partial charge < -0.3 is 9.84 Å². The third kappa shape index (κ3) is 6.77. The van der Waals surface area contributed by atoms with Crippen LogP contribution in [0.3, 0.4) is 0 Å². The molecule has 43 heavy (non-hydrogen) atoms.